The van der Waals surface area contributed by atoms with Crippen molar-refractivity contribution in [3.05, 3.63) is 130 Å². The maximum absolute atomic E-state index is 14.5. The van der Waals surface area contributed by atoms with Crippen molar-refractivity contribution in [1.29, 1.82) is 0 Å². The number of anilines is 1. The number of halogens is 2. The van der Waals surface area contributed by atoms with Gasteiger partial charge >= 0.3 is 0 Å². The van der Waals surface area contributed by atoms with E-state index in [2.05, 4.69) is 5.32 Å². The minimum Gasteiger partial charge on any atom is -0.352 e. The first kappa shape index (κ1) is 34.0. The first-order valence-electron chi connectivity index (χ1n) is 14.7. The molecule has 2 amide bonds. The van der Waals surface area contributed by atoms with E-state index in [1.165, 1.54) is 23.1 Å². The highest BCUT2D eigenvalue weighted by molar-refractivity contribution is 7.92. The molecule has 0 saturated carbocycles. The van der Waals surface area contributed by atoms with Gasteiger partial charge in [0, 0.05) is 19.0 Å². The number of carbonyl (C=O) groups is 2. The molecule has 0 spiro atoms. The van der Waals surface area contributed by atoms with E-state index in [9.17, 15) is 18.0 Å². The lowest BCUT2D eigenvalue weighted by Crippen LogP contribution is -2.54. The quantitative estimate of drug-likeness (QED) is 0.166. The number of hydrogen-bond acceptors (Lipinski definition) is 4. The summed E-state index contributed by atoms with van der Waals surface area (Å²) in [6, 6.07) is 28.6. The number of carbonyl (C=O) groups excluding carboxylic acids is 2. The van der Waals surface area contributed by atoms with Crippen molar-refractivity contribution < 1.29 is 18.0 Å². The minimum absolute atomic E-state index is 0.00684. The van der Waals surface area contributed by atoms with E-state index < -0.39 is 28.5 Å². The van der Waals surface area contributed by atoms with E-state index in [0.29, 0.717) is 6.42 Å². The molecule has 1 N–H and O–H groups in total. The van der Waals surface area contributed by atoms with Crippen molar-refractivity contribution in [3.63, 3.8) is 0 Å². The summed E-state index contributed by atoms with van der Waals surface area (Å²) < 4.78 is 29.3. The van der Waals surface area contributed by atoms with Gasteiger partial charge in [0.2, 0.25) is 11.8 Å². The van der Waals surface area contributed by atoms with Gasteiger partial charge in [-0.3, -0.25) is 13.9 Å². The monoisotopic (exact) mass is 665 g/mol. The Labute approximate surface area is 275 Å². The number of amides is 2. The molecule has 0 aromatic heterocycles. The SMILES string of the molecule is CCC(C)NC(=O)C(Cc1ccccc1)N(Cc1ccccc1)C(=O)CN(c1cccc(Cl)c1Cl)S(=O)(=O)c1ccc(C)cc1. The summed E-state index contributed by atoms with van der Waals surface area (Å²) >= 11 is 12.9. The highest BCUT2D eigenvalue weighted by Crippen LogP contribution is 2.35. The van der Waals surface area contributed by atoms with Crippen molar-refractivity contribution in [3.8, 4) is 0 Å². The Morgan fingerprint density at radius 2 is 1.42 bits per heavy atom. The van der Waals surface area contributed by atoms with Crippen LogP contribution >= 0.6 is 23.2 Å². The molecule has 4 rings (SSSR count). The van der Waals surface area contributed by atoms with Gasteiger partial charge < -0.3 is 10.2 Å². The molecule has 0 bridgehead atoms. The van der Waals surface area contributed by atoms with Crippen molar-refractivity contribution >= 4 is 50.7 Å². The number of benzene rings is 4. The first-order valence-corrected chi connectivity index (χ1v) is 16.9. The molecule has 4 aromatic rings. The van der Waals surface area contributed by atoms with Crippen molar-refractivity contribution in [2.45, 2.75) is 57.1 Å². The van der Waals surface area contributed by atoms with Crippen LogP contribution in [0.25, 0.3) is 0 Å². The van der Waals surface area contributed by atoms with E-state index in [1.807, 2.05) is 81.4 Å². The van der Waals surface area contributed by atoms with Gasteiger partial charge in [0.1, 0.15) is 12.6 Å². The van der Waals surface area contributed by atoms with Crippen LogP contribution < -0.4 is 9.62 Å². The van der Waals surface area contributed by atoms with Crippen LogP contribution in [-0.4, -0.2) is 43.8 Å². The summed E-state index contributed by atoms with van der Waals surface area (Å²) in [5.41, 5.74) is 2.58. The minimum atomic E-state index is -4.30. The van der Waals surface area contributed by atoms with E-state index in [4.69, 9.17) is 23.2 Å². The molecule has 0 radical (unpaired) electrons. The number of hydrogen-bond donors (Lipinski definition) is 1. The number of sulfonamides is 1. The van der Waals surface area contributed by atoms with Crippen LogP contribution in [0.5, 0.6) is 0 Å². The molecule has 0 saturated heterocycles. The summed E-state index contributed by atoms with van der Waals surface area (Å²) in [5.74, 6) is -0.906. The molecule has 4 aromatic carbocycles. The Morgan fingerprint density at radius 1 is 0.822 bits per heavy atom. The standard InChI is InChI=1S/C35H37Cl2N3O4S/c1-4-26(3)38-35(42)32(22-27-12-7-5-8-13-27)39(23-28-14-9-6-10-15-28)33(41)24-40(31-17-11-16-30(36)34(31)37)45(43,44)29-20-18-25(2)19-21-29/h5-21,26,32H,4,22-24H2,1-3H3,(H,38,42). The second-order valence-electron chi connectivity index (χ2n) is 10.9. The molecule has 236 valence electrons. The van der Waals surface area contributed by atoms with Gasteiger partial charge in [-0.25, -0.2) is 8.42 Å². The van der Waals surface area contributed by atoms with Crippen molar-refractivity contribution in [1.82, 2.24) is 10.2 Å². The van der Waals surface area contributed by atoms with Crippen molar-refractivity contribution in [2.24, 2.45) is 0 Å². The Bertz CT molecular complexity index is 1700. The molecule has 0 aliphatic carbocycles. The van der Waals surface area contributed by atoms with Gasteiger partial charge in [0.25, 0.3) is 10.0 Å². The van der Waals surface area contributed by atoms with Gasteiger partial charge in [0.15, 0.2) is 0 Å². The summed E-state index contributed by atoms with van der Waals surface area (Å²) in [5, 5.41) is 3.16. The molecular formula is C35H37Cl2N3O4S. The molecule has 7 nitrogen and oxygen atoms in total. The van der Waals surface area contributed by atoms with E-state index in [0.717, 1.165) is 21.0 Å². The topological polar surface area (TPSA) is 86.8 Å². The molecule has 0 fully saturated rings. The Morgan fingerprint density at radius 3 is 2.02 bits per heavy atom. The average Bonchev–Trinajstić information content (AvgIpc) is 3.04. The zero-order valence-corrected chi connectivity index (χ0v) is 27.8. The maximum Gasteiger partial charge on any atom is 0.264 e. The smallest absolute Gasteiger partial charge is 0.264 e. The molecule has 0 heterocycles. The lowest BCUT2D eigenvalue weighted by molar-refractivity contribution is -0.140. The molecule has 2 unspecified atom stereocenters. The third-order valence-electron chi connectivity index (χ3n) is 7.56. The summed E-state index contributed by atoms with van der Waals surface area (Å²) in [6.07, 6.45) is 0.927. The van der Waals surface area contributed by atoms with Crippen LogP contribution in [0.15, 0.2) is 108 Å². The molecular weight excluding hydrogens is 629 g/mol. The summed E-state index contributed by atoms with van der Waals surface area (Å²) in [7, 11) is -4.30. The highest BCUT2D eigenvalue weighted by Gasteiger charge is 2.35. The van der Waals surface area contributed by atoms with Gasteiger partial charge in [-0.2, -0.15) is 0 Å². The number of nitrogens with one attached hydrogen (secondary N) is 1. The fourth-order valence-corrected chi connectivity index (χ4v) is 6.68. The molecule has 0 aliphatic rings. The lowest BCUT2D eigenvalue weighted by atomic mass is 10.0. The zero-order valence-electron chi connectivity index (χ0n) is 25.5. The van der Waals surface area contributed by atoms with E-state index >= 15 is 0 Å². The predicted molar refractivity (Wildman–Crippen MR) is 181 cm³/mol. The van der Waals surface area contributed by atoms with Crippen LogP contribution in [-0.2, 0) is 32.6 Å². The van der Waals surface area contributed by atoms with E-state index in [1.54, 1.807) is 24.3 Å². The Kier molecular flexibility index (Phi) is 11.7. The normalized spacial score (nSPS) is 12.6. The average molecular weight is 667 g/mol. The zero-order chi connectivity index (χ0) is 32.6. The van der Waals surface area contributed by atoms with Crippen LogP contribution in [0, 0.1) is 6.92 Å². The molecule has 2 atom stereocenters. The Hall–Kier alpha value is -3.85. The molecule has 0 aliphatic heterocycles. The van der Waals surface area contributed by atoms with Gasteiger partial charge in [-0.15, -0.1) is 0 Å². The van der Waals surface area contributed by atoms with Crippen LogP contribution in [0.2, 0.25) is 10.0 Å². The predicted octanol–water partition coefficient (Wildman–Crippen LogP) is 7.05. The van der Waals surface area contributed by atoms with Crippen molar-refractivity contribution in [2.75, 3.05) is 10.8 Å². The maximum atomic E-state index is 14.5. The number of aryl methyl sites for hydroxylation is 1. The van der Waals surface area contributed by atoms with Gasteiger partial charge in [0.05, 0.1) is 20.6 Å². The number of nitrogens with zero attached hydrogens (tertiary/aromatic N) is 2. The first-order chi connectivity index (χ1) is 21.5. The van der Waals surface area contributed by atoms with Gasteiger partial charge in [-0.1, -0.05) is 115 Å². The number of rotatable bonds is 13. The third kappa shape index (κ3) is 8.66. The van der Waals surface area contributed by atoms with E-state index in [-0.39, 0.29) is 45.5 Å². The molecule has 10 heteroatoms. The van der Waals surface area contributed by atoms with Crippen LogP contribution in [0.3, 0.4) is 0 Å². The fraction of sp³-hybridized carbons (Fsp3) is 0.257. The largest absolute Gasteiger partial charge is 0.352 e. The highest BCUT2D eigenvalue weighted by atomic mass is 35.5. The van der Waals surface area contributed by atoms with Crippen LogP contribution in [0.1, 0.15) is 37.0 Å². The third-order valence-corrected chi connectivity index (χ3v) is 10.1. The lowest BCUT2D eigenvalue weighted by Gasteiger charge is -2.34. The second kappa shape index (κ2) is 15.4. The summed E-state index contributed by atoms with van der Waals surface area (Å²) in [4.78, 5) is 29.8. The molecule has 45 heavy (non-hydrogen) atoms. The second-order valence-corrected chi connectivity index (χ2v) is 13.6. The Balaban J connectivity index is 1.82. The van der Waals surface area contributed by atoms with Crippen LogP contribution in [0.4, 0.5) is 5.69 Å². The summed E-state index contributed by atoms with van der Waals surface area (Å²) in [6.45, 7) is 5.17. The van der Waals surface area contributed by atoms with Gasteiger partial charge in [-0.05, 0) is 55.7 Å². The fourth-order valence-electron chi connectivity index (χ4n) is 4.81.